The number of hydrogen-bond donors (Lipinski definition) is 0. The zero-order chi connectivity index (χ0) is 15.6. The minimum Gasteiger partial charge on any atom is -0.496 e. The molecule has 4 heteroatoms. The summed E-state index contributed by atoms with van der Waals surface area (Å²) in [6.07, 6.45) is 6.29. The predicted octanol–water partition coefficient (Wildman–Crippen LogP) is 2.94. The first kappa shape index (κ1) is 14.3. The Morgan fingerprint density at radius 3 is 2.87 bits per heavy atom. The molecular formula is C19H21N3O. The van der Waals surface area contributed by atoms with Crippen molar-refractivity contribution in [3.8, 4) is 5.75 Å². The lowest BCUT2D eigenvalue weighted by Gasteiger charge is -2.18. The maximum absolute atomic E-state index is 5.53. The Bertz CT molecular complexity index is 791. The second kappa shape index (κ2) is 6.05. The summed E-state index contributed by atoms with van der Waals surface area (Å²) in [5.74, 6) is 1.03. The summed E-state index contributed by atoms with van der Waals surface area (Å²) in [7, 11) is 1.76. The maximum atomic E-state index is 5.53. The average Bonchev–Trinajstić information content (AvgIpc) is 2.88. The summed E-state index contributed by atoms with van der Waals surface area (Å²) in [6.45, 7) is 3.01. The summed E-state index contributed by atoms with van der Waals surface area (Å²) in [5, 5.41) is 0. The molecular weight excluding hydrogens is 286 g/mol. The molecule has 1 aromatic carbocycles. The van der Waals surface area contributed by atoms with Crippen molar-refractivity contribution in [1.82, 2.24) is 14.3 Å². The van der Waals surface area contributed by atoms with Crippen molar-refractivity contribution in [3.63, 3.8) is 0 Å². The zero-order valence-corrected chi connectivity index (χ0v) is 13.4. The molecule has 0 N–H and O–H groups in total. The molecule has 4 nitrogen and oxygen atoms in total. The van der Waals surface area contributed by atoms with Crippen LogP contribution in [0.15, 0.2) is 48.8 Å². The third-order valence-electron chi connectivity index (χ3n) is 4.62. The summed E-state index contributed by atoms with van der Waals surface area (Å²) >= 11 is 0. The van der Waals surface area contributed by atoms with Crippen LogP contribution in [0.5, 0.6) is 5.75 Å². The molecule has 0 atom stereocenters. The number of hydrogen-bond acceptors (Lipinski definition) is 3. The minimum atomic E-state index is 0.901. The molecule has 23 heavy (non-hydrogen) atoms. The Balaban J connectivity index is 1.51. The Kier molecular flexibility index (Phi) is 3.75. The number of fused-ring (bicyclic) bond motifs is 2. The van der Waals surface area contributed by atoms with E-state index in [-0.39, 0.29) is 0 Å². The van der Waals surface area contributed by atoms with Gasteiger partial charge in [-0.3, -0.25) is 4.90 Å². The minimum absolute atomic E-state index is 0.901. The summed E-state index contributed by atoms with van der Waals surface area (Å²) in [4.78, 5) is 7.20. The fourth-order valence-corrected chi connectivity index (χ4v) is 3.43. The van der Waals surface area contributed by atoms with Crippen LogP contribution in [0.25, 0.3) is 5.65 Å². The quantitative estimate of drug-likeness (QED) is 0.745. The Morgan fingerprint density at radius 1 is 1.09 bits per heavy atom. The van der Waals surface area contributed by atoms with E-state index in [9.17, 15) is 0 Å². The van der Waals surface area contributed by atoms with Gasteiger partial charge in [-0.2, -0.15) is 0 Å². The van der Waals surface area contributed by atoms with E-state index >= 15 is 0 Å². The molecule has 3 aromatic rings. The molecule has 0 bridgehead atoms. The van der Waals surface area contributed by atoms with E-state index < -0.39 is 0 Å². The van der Waals surface area contributed by atoms with E-state index in [4.69, 9.17) is 9.72 Å². The highest BCUT2D eigenvalue weighted by atomic mass is 16.5. The second-order valence-corrected chi connectivity index (χ2v) is 6.07. The normalized spacial score (nSPS) is 15.3. The fraction of sp³-hybridized carbons (Fsp3) is 0.316. The third-order valence-corrected chi connectivity index (χ3v) is 4.62. The topological polar surface area (TPSA) is 29.8 Å². The van der Waals surface area contributed by atoms with Gasteiger partial charge in [0, 0.05) is 32.0 Å². The number of benzene rings is 1. The molecule has 1 aliphatic rings. The highest BCUT2D eigenvalue weighted by molar-refractivity contribution is 5.42. The second-order valence-electron chi connectivity index (χ2n) is 6.07. The molecule has 0 radical (unpaired) electrons. The molecule has 0 spiro atoms. The Hall–Kier alpha value is -2.33. The highest BCUT2D eigenvalue weighted by Crippen LogP contribution is 2.26. The van der Waals surface area contributed by atoms with E-state index in [1.165, 1.54) is 11.1 Å². The predicted molar refractivity (Wildman–Crippen MR) is 90.9 cm³/mol. The van der Waals surface area contributed by atoms with Gasteiger partial charge in [-0.1, -0.05) is 18.2 Å². The van der Waals surface area contributed by atoms with Crippen LogP contribution >= 0.6 is 0 Å². The van der Waals surface area contributed by atoms with Gasteiger partial charge in [-0.25, -0.2) is 4.98 Å². The first-order chi connectivity index (χ1) is 11.3. The van der Waals surface area contributed by atoms with Gasteiger partial charge in [0.1, 0.15) is 11.4 Å². The molecule has 0 aliphatic carbocycles. The van der Waals surface area contributed by atoms with Gasteiger partial charge >= 0.3 is 0 Å². The molecule has 0 amide bonds. The SMILES string of the molecule is COc1cccc2c1CCN(Cc1cn3ccccc3n1)CC2. The zero-order valence-electron chi connectivity index (χ0n) is 13.4. The number of aromatic nitrogens is 2. The molecule has 0 unspecified atom stereocenters. The number of methoxy groups -OCH3 is 1. The van der Waals surface area contributed by atoms with Gasteiger partial charge in [0.15, 0.2) is 0 Å². The highest BCUT2D eigenvalue weighted by Gasteiger charge is 2.17. The van der Waals surface area contributed by atoms with Gasteiger partial charge in [0.05, 0.1) is 12.8 Å². The third kappa shape index (κ3) is 2.82. The van der Waals surface area contributed by atoms with Crippen molar-refractivity contribution in [2.45, 2.75) is 19.4 Å². The van der Waals surface area contributed by atoms with Gasteiger partial charge in [0.2, 0.25) is 0 Å². The van der Waals surface area contributed by atoms with Crippen LogP contribution in [0.2, 0.25) is 0 Å². The van der Waals surface area contributed by atoms with E-state index in [0.29, 0.717) is 0 Å². The average molecular weight is 307 g/mol. The van der Waals surface area contributed by atoms with Crippen LogP contribution in [-0.4, -0.2) is 34.5 Å². The van der Waals surface area contributed by atoms with Crippen molar-refractivity contribution in [3.05, 3.63) is 65.6 Å². The molecule has 2 aromatic heterocycles. The van der Waals surface area contributed by atoms with Crippen LogP contribution in [0.1, 0.15) is 16.8 Å². The molecule has 1 aliphatic heterocycles. The smallest absolute Gasteiger partial charge is 0.137 e. The number of pyridine rings is 1. The van der Waals surface area contributed by atoms with Crippen molar-refractivity contribution in [1.29, 1.82) is 0 Å². The Morgan fingerprint density at radius 2 is 2.00 bits per heavy atom. The van der Waals surface area contributed by atoms with E-state index in [1.807, 2.05) is 18.2 Å². The number of nitrogens with zero attached hydrogens (tertiary/aromatic N) is 3. The van der Waals surface area contributed by atoms with Crippen LogP contribution < -0.4 is 4.74 Å². The standard InChI is InChI=1S/C19H21N3O/c1-23-18-6-4-5-15-8-11-21(12-9-17(15)18)13-16-14-22-10-3-2-7-19(22)20-16/h2-7,10,14H,8-9,11-13H2,1H3. The largest absolute Gasteiger partial charge is 0.496 e. The van der Waals surface area contributed by atoms with Crippen LogP contribution in [-0.2, 0) is 19.4 Å². The maximum Gasteiger partial charge on any atom is 0.137 e. The van der Waals surface area contributed by atoms with Crippen molar-refractivity contribution in [2.75, 3.05) is 20.2 Å². The first-order valence-electron chi connectivity index (χ1n) is 8.13. The lowest BCUT2D eigenvalue weighted by Crippen LogP contribution is -2.26. The first-order valence-corrected chi connectivity index (χ1v) is 8.13. The fourth-order valence-electron chi connectivity index (χ4n) is 3.43. The molecule has 0 saturated carbocycles. The molecule has 0 saturated heterocycles. The van der Waals surface area contributed by atoms with Crippen molar-refractivity contribution >= 4 is 5.65 Å². The molecule has 0 fully saturated rings. The number of imidazole rings is 1. The van der Waals surface area contributed by atoms with Gasteiger partial charge in [-0.15, -0.1) is 0 Å². The summed E-state index contributed by atoms with van der Waals surface area (Å²) < 4.78 is 7.62. The van der Waals surface area contributed by atoms with E-state index in [2.05, 4.69) is 39.9 Å². The Labute approximate surface area is 136 Å². The number of rotatable bonds is 3. The van der Waals surface area contributed by atoms with Gasteiger partial charge in [-0.05, 0) is 42.2 Å². The lowest BCUT2D eigenvalue weighted by molar-refractivity contribution is 0.276. The van der Waals surface area contributed by atoms with Crippen LogP contribution in [0.3, 0.4) is 0 Å². The van der Waals surface area contributed by atoms with E-state index in [0.717, 1.165) is 49.6 Å². The van der Waals surface area contributed by atoms with Gasteiger partial charge < -0.3 is 9.14 Å². The molecule has 118 valence electrons. The molecule has 4 rings (SSSR count). The number of ether oxygens (including phenoxy) is 1. The monoisotopic (exact) mass is 307 g/mol. The van der Waals surface area contributed by atoms with Crippen LogP contribution in [0.4, 0.5) is 0 Å². The van der Waals surface area contributed by atoms with Gasteiger partial charge in [0.25, 0.3) is 0 Å². The summed E-state index contributed by atoms with van der Waals surface area (Å²) in [5.41, 5.74) is 4.94. The molecule has 3 heterocycles. The van der Waals surface area contributed by atoms with E-state index in [1.54, 1.807) is 7.11 Å². The van der Waals surface area contributed by atoms with Crippen molar-refractivity contribution in [2.24, 2.45) is 0 Å². The lowest BCUT2D eigenvalue weighted by atomic mass is 10.0. The summed E-state index contributed by atoms with van der Waals surface area (Å²) in [6, 6.07) is 12.5. The van der Waals surface area contributed by atoms with Crippen molar-refractivity contribution < 1.29 is 4.74 Å². The van der Waals surface area contributed by atoms with Crippen LogP contribution in [0, 0.1) is 0 Å².